The highest BCUT2D eigenvalue weighted by Gasteiger charge is 2.26. The highest BCUT2D eigenvalue weighted by atomic mass is 16.3. The number of likely N-dealkylation sites (N-methyl/N-ethyl adjacent to an activating group) is 1. The molecule has 1 rings (SSSR count). The van der Waals surface area contributed by atoms with Crippen LogP contribution in [-0.4, -0.2) is 66.2 Å². The van der Waals surface area contributed by atoms with Gasteiger partial charge in [0.2, 0.25) is 5.91 Å². The molecule has 1 unspecified atom stereocenters. The van der Waals surface area contributed by atoms with E-state index in [9.17, 15) is 9.90 Å². The third-order valence-corrected chi connectivity index (χ3v) is 3.64. The van der Waals surface area contributed by atoms with Crippen molar-refractivity contribution in [3.8, 4) is 0 Å². The van der Waals surface area contributed by atoms with Gasteiger partial charge < -0.3 is 15.7 Å². The first kappa shape index (κ1) is 15.4. The number of aliphatic hydroxyl groups is 1. The fourth-order valence-corrected chi connectivity index (χ4v) is 2.24. The Hall–Kier alpha value is -0.650. The van der Waals surface area contributed by atoms with Crippen molar-refractivity contribution in [2.24, 2.45) is 5.73 Å². The van der Waals surface area contributed by atoms with Crippen LogP contribution >= 0.6 is 0 Å². The van der Waals surface area contributed by atoms with Crippen LogP contribution in [0.3, 0.4) is 0 Å². The molecule has 1 heterocycles. The Morgan fingerprint density at radius 1 is 1.44 bits per heavy atom. The van der Waals surface area contributed by atoms with E-state index in [1.807, 2.05) is 14.0 Å². The van der Waals surface area contributed by atoms with Gasteiger partial charge in [-0.15, -0.1) is 0 Å². The summed E-state index contributed by atoms with van der Waals surface area (Å²) in [5.74, 6) is 0.144. The Labute approximate surface area is 110 Å². The second-order valence-corrected chi connectivity index (χ2v) is 5.58. The lowest BCUT2D eigenvalue weighted by molar-refractivity contribution is -0.131. The molecule has 18 heavy (non-hydrogen) atoms. The predicted molar refractivity (Wildman–Crippen MR) is 72.2 cm³/mol. The van der Waals surface area contributed by atoms with Crippen LogP contribution in [0.4, 0.5) is 0 Å². The number of nitrogens with zero attached hydrogens (tertiary/aromatic N) is 2. The van der Waals surface area contributed by atoms with E-state index >= 15 is 0 Å². The average Bonchev–Trinajstić information content (AvgIpc) is 2.48. The normalized spacial score (nSPS) is 25.8. The summed E-state index contributed by atoms with van der Waals surface area (Å²) in [6.45, 7) is 5.37. The molecule has 0 aromatic rings. The van der Waals surface area contributed by atoms with E-state index in [1.165, 1.54) is 0 Å². The lowest BCUT2D eigenvalue weighted by atomic mass is 9.98. The number of carbonyl (C=O) groups is 1. The van der Waals surface area contributed by atoms with Crippen molar-refractivity contribution in [1.29, 1.82) is 0 Å². The van der Waals surface area contributed by atoms with E-state index in [4.69, 9.17) is 5.73 Å². The molecule has 1 aliphatic heterocycles. The first-order valence-corrected chi connectivity index (χ1v) is 6.83. The Morgan fingerprint density at radius 2 is 2.17 bits per heavy atom. The Morgan fingerprint density at radius 3 is 2.83 bits per heavy atom. The quantitative estimate of drug-likeness (QED) is 0.729. The Balaban J connectivity index is 2.35. The highest BCUT2D eigenvalue weighted by Crippen LogP contribution is 2.21. The van der Waals surface area contributed by atoms with Crippen molar-refractivity contribution in [2.75, 3.05) is 39.8 Å². The molecule has 0 aromatic heterocycles. The third kappa shape index (κ3) is 5.33. The molecule has 1 aliphatic rings. The summed E-state index contributed by atoms with van der Waals surface area (Å²) in [7, 11) is 1.83. The first-order chi connectivity index (χ1) is 8.44. The monoisotopic (exact) mass is 257 g/mol. The van der Waals surface area contributed by atoms with E-state index in [-0.39, 0.29) is 5.91 Å². The molecule has 0 saturated carbocycles. The van der Waals surface area contributed by atoms with Crippen LogP contribution in [-0.2, 0) is 4.79 Å². The second-order valence-electron chi connectivity index (χ2n) is 5.58. The number of nitrogens with two attached hydrogens (primary N) is 1. The zero-order chi connectivity index (χ0) is 13.6. The van der Waals surface area contributed by atoms with Crippen LogP contribution in [0, 0.1) is 0 Å². The van der Waals surface area contributed by atoms with Gasteiger partial charge >= 0.3 is 0 Å². The number of hydrogen-bond donors (Lipinski definition) is 2. The SMILES string of the molecule is CN(CCCN)C(=O)CN1CCCC(C)(O)CC1. The summed E-state index contributed by atoms with van der Waals surface area (Å²) in [6.07, 6.45) is 3.36. The third-order valence-electron chi connectivity index (χ3n) is 3.64. The molecular formula is C13H27N3O2. The molecule has 1 amide bonds. The maximum Gasteiger partial charge on any atom is 0.236 e. The zero-order valence-electron chi connectivity index (χ0n) is 11.7. The number of hydrogen-bond acceptors (Lipinski definition) is 4. The lowest BCUT2D eigenvalue weighted by Gasteiger charge is -2.24. The van der Waals surface area contributed by atoms with Gasteiger partial charge in [0.05, 0.1) is 12.1 Å². The molecule has 0 aliphatic carbocycles. The minimum Gasteiger partial charge on any atom is -0.390 e. The molecule has 5 nitrogen and oxygen atoms in total. The van der Waals surface area contributed by atoms with Crippen LogP contribution in [0.15, 0.2) is 0 Å². The summed E-state index contributed by atoms with van der Waals surface area (Å²) in [4.78, 5) is 15.9. The van der Waals surface area contributed by atoms with Gasteiger partial charge in [-0.1, -0.05) is 0 Å². The van der Waals surface area contributed by atoms with Gasteiger partial charge in [-0.05, 0) is 45.7 Å². The smallest absolute Gasteiger partial charge is 0.236 e. The van der Waals surface area contributed by atoms with Crippen molar-refractivity contribution >= 4 is 5.91 Å². The molecular weight excluding hydrogens is 230 g/mol. The summed E-state index contributed by atoms with van der Waals surface area (Å²) in [5.41, 5.74) is 4.87. The first-order valence-electron chi connectivity index (χ1n) is 6.83. The average molecular weight is 257 g/mol. The van der Waals surface area contributed by atoms with Gasteiger partial charge in [-0.25, -0.2) is 0 Å². The van der Waals surface area contributed by atoms with Gasteiger partial charge in [0.25, 0.3) is 0 Å². The summed E-state index contributed by atoms with van der Waals surface area (Å²) in [6, 6.07) is 0. The van der Waals surface area contributed by atoms with Crippen molar-refractivity contribution in [2.45, 2.75) is 38.2 Å². The molecule has 3 N–H and O–H groups in total. The van der Waals surface area contributed by atoms with Crippen LogP contribution in [0.1, 0.15) is 32.6 Å². The summed E-state index contributed by atoms with van der Waals surface area (Å²) in [5, 5.41) is 10.00. The topological polar surface area (TPSA) is 69.8 Å². The minimum atomic E-state index is -0.566. The zero-order valence-corrected chi connectivity index (χ0v) is 11.7. The van der Waals surface area contributed by atoms with Gasteiger partial charge in [0.15, 0.2) is 0 Å². The fraction of sp³-hybridized carbons (Fsp3) is 0.923. The molecule has 0 radical (unpaired) electrons. The molecule has 0 bridgehead atoms. The van der Waals surface area contributed by atoms with Gasteiger partial charge in [0, 0.05) is 20.1 Å². The molecule has 5 heteroatoms. The minimum absolute atomic E-state index is 0.144. The standard InChI is InChI=1S/C13H27N3O2/c1-13(18)5-3-9-16(10-6-13)11-12(17)15(2)8-4-7-14/h18H,3-11,14H2,1-2H3. The maximum absolute atomic E-state index is 12.0. The van der Waals surface area contributed by atoms with Crippen LogP contribution in [0.5, 0.6) is 0 Å². The highest BCUT2D eigenvalue weighted by molar-refractivity contribution is 5.77. The molecule has 1 atom stereocenters. The summed E-state index contributed by atoms with van der Waals surface area (Å²) < 4.78 is 0. The van der Waals surface area contributed by atoms with E-state index in [0.29, 0.717) is 13.1 Å². The number of rotatable bonds is 5. The fourth-order valence-electron chi connectivity index (χ4n) is 2.24. The molecule has 106 valence electrons. The van der Waals surface area contributed by atoms with Crippen LogP contribution in [0.25, 0.3) is 0 Å². The van der Waals surface area contributed by atoms with Gasteiger partial charge in [0.1, 0.15) is 0 Å². The maximum atomic E-state index is 12.0. The summed E-state index contributed by atoms with van der Waals surface area (Å²) >= 11 is 0. The van der Waals surface area contributed by atoms with Gasteiger partial charge in [-0.3, -0.25) is 9.69 Å². The molecule has 0 spiro atoms. The van der Waals surface area contributed by atoms with Crippen molar-refractivity contribution in [1.82, 2.24) is 9.80 Å². The van der Waals surface area contributed by atoms with E-state index in [2.05, 4.69) is 4.90 Å². The Bertz CT molecular complexity index is 269. The predicted octanol–water partition coefficient (Wildman–Crippen LogP) is 0.0305. The number of amides is 1. The number of carbonyl (C=O) groups excluding carboxylic acids is 1. The van der Waals surface area contributed by atoms with Crippen LogP contribution in [0.2, 0.25) is 0 Å². The number of likely N-dealkylation sites (tertiary alicyclic amines) is 1. The van der Waals surface area contributed by atoms with Crippen molar-refractivity contribution < 1.29 is 9.90 Å². The Kier molecular flexibility index (Phi) is 6.05. The molecule has 0 aromatic carbocycles. The van der Waals surface area contributed by atoms with E-state index in [1.54, 1.807) is 4.90 Å². The second kappa shape index (κ2) is 7.07. The van der Waals surface area contributed by atoms with Crippen molar-refractivity contribution in [3.05, 3.63) is 0 Å². The molecule has 1 saturated heterocycles. The van der Waals surface area contributed by atoms with E-state index < -0.39 is 5.60 Å². The lowest BCUT2D eigenvalue weighted by Crippen LogP contribution is -2.40. The largest absolute Gasteiger partial charge is 0.390 e. The van der Waals surface area contributed by atoms with Gasteiger partial charge in [-0.2, -0.15) is 0 Å². The van der Waals surface area contributed by atoms with E-state index in [0.717, 1.165) is 45.3 Å². The van der Waals surface area contributed by atoms with Crippen molar-refractivity contribution in [3.63, 3.8) is 0 Å². The molecule has 1 fully saturated rings. The van der Waals surface area contributed by atoms with Crippen LogP contribution < -0.4 is 5.73 Å².